The van der Waals surface area contributed by atoms with Crippen molar-refractivity contribution >= 4 is 5.91 Å². The highest BCUT2D eigenvalue weighted by Gasteiger charge is 2.37. The maximum Gasteiger partial charge on any atom is 0.220 e. The van der Waals surface area contributed by atoms with Crippen LogP contribution in [0.1, 0.15) is 50.5 Å². The van der Waals surface area contributed by atoms with Crippen LogP contribution < -0.4 is 5.32 Å². The molecule has 1 spiro atoms. The highest BCUT2D eigenvalue weighted by molar-refractivity contribution is 5.77. The monoisotopic (exact) mass is 276 g/mol. The number of nitrogens with zero attached hydrogens (tertiary/aromatic N) is 1. The van der Waals surface area contributed by atoms with Gasteiger partial charge in [-0.05, 0) is 37.8 Å². The highest BCUT2D eigenvalue weighted by atomic mass is 16.3. The molecule has 4 heteroatoms. The zero-order valence-electron chi connectivity index (χ0n) is 12.3. The van der Waals surface area contributed by atoms with Crippen molar-refractivity contribution in [3.05, 3.63) is 23.7 Å². The summed E-state index contributed by atoms with van der Waals surface area (Å²) in [6, 6.07) is 4.16. The van der Waals surface area contributed by atoms with E-state index in [1.165, 1.54) is 0 Å². The van der Waals surface area contributed by atoms with Crippen molar-refractivity contribution in [2.75, 3.05) is 13.1 Å². The van der Waals surface area contributed by atoms with Crippen molar-refractivity contribution in [2.45, 2.75) is 57.5 Å². The molecule has 1 aromatic heterocycles. The smallest absolute Gasteiger partial charge is 0.220 e. The van der Waals surface area contributed by atoms with Crippen LogP contribution in [0.25, 0.3) is 0 Å². The van der Waals surface area contributed by atoms with E-state index in [4.69, 9.17) is 4.42 Å². The number of nitrogens with one attached hydrogen (secondary N) is 1. The van der Waals surface area contributed by atoms with Crippen LogP contribution >= 0.6 is 0 Å². The van der Waals surface area contributed by atoms with Gasteiger partial charge < -0.3 is 9.73 Å². The van der Waals surface area contributed by atoms with Crippen LogP contribution in [0.4, 0.5) is 0 Å². The minimum atomic E-state index is 0.0869. The van der Waals surface area contributed by atoms with E-state index in [1.807, 2.05) is 0 Å². The van der Waals surface area contributed by atoms with E-state index in [0.717, 1.165) is 63.3 Å². The number of carbonyl (C=O) groups is 1. The van der Waals surface area contributed by atoms with Gasteiger partial charge in [-0.1, -0.05) is 6.92 Å². The lowest BCUT2D eigenvalue weighted by molar-refractivity contribution is -0.126. The van der Waals surface area contributed by atoms with Crippen LogP contribution in [0, 0.1) is 0 Å². The quantitative estimate of drug-likeness (QED) is 0.922. The maximum atomic E-state index is 11.6. The van der Waals surface area contributed by atoms with Crippen molar-refractivity contribution < 1.29 is 9.21 Å². The molecule has 1 aromatic rings. The predicted molar refractivity (Wildman–Crippen MR) is 77.3 cm³/mol. The fourth-order valence-electron chi connectivity index (χ4n) is 3.44. The summed E-state index contributed by atoms with van der Waals surface area (Å²) in [7, 11) is 0. The van der Waals surface area contributed by atoms with E-state index in [1.54, 1.807) is 0 Å². The molecule has 2 saturated heterocycles. The molecule has 4 nitrogen and oxygen atoms in total. The summed E-state index contributed by atoms with van der Waals surface area (Å²) in [5.41, 5.74) is 0.0869. The van der Waals surface area contributed by atoms with Crippen LogP contribution in [0.5, 0.6) is 0 Å². The highest BCUT2D eigenvalue weighted by Crippen LogP contribution is 2.31. The number of furan rings is 1. The second-order valence-corrected chi connectivity index (χ2v) is 6.18. The zero-order valence-corrected chi connectivity index (χ0v) is 12.3. The van der Waals surface area contributed by atoms with Gasteiger partial charge in [0, 0.05) is 31.5 Å². The number of aryl methyl sites for hydroxylation is 1. The van der Waals surface area contributed by atoms with Crippen LogP contribution in [-0.2, 0) is 17.8 Å². The Bertz CT molecular complexity index is 473. The standard InChI is InChI=1S/C16H24N2O2/c1-2-13-5-6-14(20-13)12-18-10-8-16(9-11-18)7-3-4-15(19)17-16/h5-6H,2-4,7-12H2,1H3,(H,17,19). The number of carbonyl (C=O) groups excluding carboxylic acids is 1. The first-order valence-electron chi connectivity index (χ1n) is 7.80. The van der Waals surface area contributed by atoms with E-state index in [0.29, 0.717) is 6.42 Å². The van der Waals surface area contributed by atoms with Crippen LogP contribution in [0.15, 0.2) is 16.5 Å². The molecular formula is C16H24N2O2. The van der Waals surface area contributed by atoms with Gasteiger partial charge in [0.15, 0.2) is 0 Å². The van der Waals surface area contributed by atoms with E-state index >= 15 is 0 Å². The largest absolute Gasteiger partial charge is 0.465 e. The van der Waals surface area contributed by atoms with Gasteiger partial charge in [0.2, 0.25) is 5.91 Å². The molecule has 110 valence electrons. The average molecular weight is 276 g/mol. The van der Waals surface area contributed by atoms with Crippen molar-refractivity contribution in [1.29, 1.82) is 0 Å². The van der Waals surface area contributed by atoms with Crippen LogP contribution in [0.2, 0.25) is 0 Å². The molecule has 3 rings (SSSR count). The number of rotatable bonds is 3. The van der Waals surface area contributed by atoms with Gasteiger partial charge >= 0.3 is 0 Å². The van der Waals surface area contributed by atoms with E-state index < -0.39 is 0 Å². The van der Waals surface area contributed by atoms with Gasteiger partial charge in [-0.25, -0.2) is 0 Å². The average Bonchev–Trinajstić information content (AvgIpc) is 2.89. The molecule has 2 aliphatic heterocycles. The molecule has 1 N–H and O–H groups in total. The summed E-state index contributed by atoms with van der Waals surface area (Å²) in [6.45, 7) is 5.09. The van der Waals surface area contributed by atoms with Crippen molar-refractivity contribution in [3.63, 3.8) is 0 Å². The first-order valence-corrected chi connectivity index (χ1v) is 7.80. The van der Waals surface area contributed by atoms with E-state index in [9.17, 15) is 4.79 Å². The lowest BCUT2D eigenvalue weighted by atomic mass is 9.80. The normalized spacial score (nSPS) is 22.9. The fourth-order valence-corrected chi connectivity index (χ4v) is 3.44. The lowest BCUT2D eigenvalue weighted by Crippen LogP contribution is -2.57. The first kappa shape index (κ1) is 13.7. The minimum Gasteiger partial charge on any atom is -0.465 e. The third-order valence-electron chi connectivity index (χ3n) is 4.72. The third-order valence-corrected chi connectivity index (χ3v) is 4.72. The Morgan fingerprint density at radius 3 is 2.65 bits per heavy atom. The summed E-state index contributed by atoms with van der Waals surface area (Å²) in [5.74, 6) is 2.36. The third kappa shape index (κ3) is 2.90. The topological polar surface area (TPSA) is 45.5 Å². The Hall–Kier alpha value is -1.29. The molecule has 1 amide bonds. The van der Waals surface area contributed by atoms with Crippen LogP contribution in [-0.4, -0.2) is 29.4 Å². The molecule has 3 heterocycles. The van der Waals surface area contributed by atoms with Gasteiger partial charge in [-0.2, -0.15) is 0 Å². The molecule has 0 aromatic carbocycles. The molecule has 2 fully saturated rings. The van der Waals surface area contributed by atoms with Gasteiger partial charge in [0.25, 0.3) is 0 Å². The molecule has 0 atom stereocenters. The Morgan fingerprint density at radius 1 is 1.25 bits per heavy atom. The Labute approximate surface area is 120 Å². The van der Waals surface area contributed by atoms with Gasteiger partial charge in [0.05, 0.1) is 6.54 Å². The number of likely N-dealkylation sites (tertiary alicyclic amines) is 1. The van der Waals surface area contributed by atoms with Gasteiger partial charge in [-0.3, -0.25) is 9.69 Å². The molecule has 0 radical (unpaired) electrons. The molecule has 20 heavy (non-hydrogen) atoms. The molecule has 0 saturated carbocycles. The predicted octanol–water partition coefficient (Wildman–Crippen LogP) is 2.48. The second kappa shape index (κ2) is 5.60. The Kier molecular flexibility index (Phi) is 3.83. The molecular weight excluding hydrogens is 252 g/mol. The number of amides is 1. The summed E-state index contributed by atoms with van der Waals surface area (Å²) in [6.07, 6.45) is 5.99. The summed E-state index contributed by atoms with van der Waals surface area (Å²) in [4.78, 5) is 14.0. The SMILES string of the molecule is CCc1ccc(CN2CCC3(CCCC(=O)N3)CC2)o1. The summed E-state index contributed by atoms with van der Waals surface area (Å²) >= 11 is 0. The number of piperidine rings is 2. The Balaban J connectivity index is 1.54. The van der Waals surface area contributed by atoms with E-state index in [2.05, 4.69) is 29.3 Å². The molecule has 0 aliphatic carbocycles. The second-order valence-electron chi connectivity index (χ2n) is 6.18. The first-order chi connectivity index (χ1) is 9.69. The number of hydrogen-bond donors (Lipinski definition) is 1. The molecule has 0 bridgehead atoms. The van der Waals surface area contributed by atoms with E-state index in [-0.39, 0.29) is 11.4 Å². The van der Waals surface area contributed by atoms with Gasteiger partial charge in [-0.15, -0.1) is 0 Å². The zero-order chi connectivity index (χ0) is 14.0. The fraction of sp³-hybridized carbons (Fsp3) is 0.688. The lowest BCUT2D eigenvalue weighted by Gasteiger charge is -2.44. The van der Waals surface area contributed by atoms with Crippen molar-refractivity contribution in [2.24, 2.45) is 0 Å². The minimum absolute atomic E-state index is 0.0869. The van der Waals surface area contributed by atoms with Crippen LogP contribution in [0.3, 0.4) is 0 Å². The van der Waals surface area contributed by atoms with Gasteiger partial charge in [0.1, 0.15) is 11.5 Å². The maximum absolute atomic E-state index is 11.6. The molecule has 2 aliphatic rings. The van der Waals surface area contributed by atoms with Crippen molar-refractivity contribution in [3.8, 4) is 0 Å². The number of hydrogen-bond acceptors (Lipinski definition) is 3. The summed E-state index contributed by atoms with van der Waals surface area (Å²) in [5, 5.41) is 3.24. The van der Waals surface area contributed by atoms with Crippen molar-refractivity contribution in [1.82, 2.24) is 10.2 Å². The Morgan fingerprint density at radius 2 is 2.00 bits per heavy atom. The summed E-state index contributed by atoms with van der Waals surface area (Å²) < 4.78 is 5.78. The molecule has 0 unspecified atom stereocenters.